The number of aryl methyl sites for hydroxylation is 1. The van der Waals surface area contributed by atoms with Crippen LogP contribution in [0.15, 0.2) is 12.4 Å². The summed E-state index contributed by atoms with van der Waals surface area (Å²) >= 11 is 0. The van der Waals surface area contributed by atoms with Crippen molar-refractivity contribution in [2.45, 2.75) is 52.6 Å². The van der Waals surface area contributed by atoms with Gasteiger partial charge in [0.15, 0.2) is 0 Å². The van der Waals surface area contributed by atoms with Gasteiger partial charge in [0, 0.05) is 18.8 Å². The van der Waals surface area contributed by atoms with Crippen molar-refractivity contribution < 1.29 is 9.53 Å². The van der Waals surface area contributed by atoms with E-state index in [4.69, 9.17) is 4.74 Å². The first-order valence-electron chi connectivity index (χ1n) is 5.69. The number of rotatable bonds is 3. The Morgan fingerprint density at radius 1 is 1.50 bits per heavy atom. The van der Waals surface area contributed by atoms with Crippen LogP contribution in [0.2, 0.25) is 0 Å². The topological polar surface area (TPSA) is 44.1 Å². The molecule has 0 spiro atoms. The van der Waals surface area contributed by atoms with E-state index in [2.05, 4.69) is 11.9 Å². The molecule has 0 fully saturated rings. The molecule has 0 aromatic carbocycles. The van der Waals surface area contributed by atoms with Gasteiger partial charge in [-0.05, 0) is 27.2 Å². The molecule has 0 atom stereocenters. The zero-order chi connectivity index (χ0) is 12.2. The maximum absolute atomic E-state index is 11.8. The zero-order valence-electron chi connectivity index (χ0n) is 10.5. The molecule has 1 heterocycles. The van der Waals surface area contributed by atoms with Gasteiger partial charge in [-0.25, -0.2) is 14.3 Å². The van der Waals surface area contributed by atoms with Crippen LogP contribution in [-0.4, -0.2) is 21.2 Å². The second-order valence-corrected chi connectivity index (χ2v) is 4.80. The van der Waals surface area contributed by atoms with Crippen molar-refractivity contribution in [1.82, 2.24) is 9.55 Å². The highest BCUT2D eigenvalue weighted by Gasteiger charge is 2.19. The summed E-state index contributed by atoms with van der Waals surface area (Å²) < 4.78 is 6.77. The molecule has 0 aliphatic carbocycles. The fourth-order valence-corrected chi connectivity index (χ4v) is 1.33. The van der Waals surface area contributed by atoms with Crippen LogP contribution < -0.4 is 0 Å². The number of carbonyl (C=O) groups is 1. The molecular weight excluding hydrogens is 204 g/mol. The van der Waals surface area contributed by atoms with E-state index in [9.17, 15) is 4.79 Å². The van der Waals surface area contributed by atoms with Crippen LogP contribution in [0.5, 0.6) is 0 Å². The predicted molar refractivity (Wildman–Crippen MR) is 62.5 cm³/mol. The Kier molecular flexibility index (Phi) is 4.10. The Morgan fingerprint density at radius 2 is 2.19 bits per heavy atom. The minimum Gasteiger partial charge on any atom is -0.443 e. The van der Waals surface area contributed by atoms with Gasteiger partial charge in [0.05, 0.1) is 0 Å². The summed E-state index contributed by atoms with van der Waals surface area (Å²) in [5.74, 6) is 0.774. The molecule has 16 heavy (non-hydrogen) atoms. The number of imidazole rings is 1. The maximum Gasteiger partial charge on any atom is 0.419 e. The third kappa shape index (κ3) is 3.68. The third-order valence-corrected chi connectivity index (χ3v) is 2.06. The van der Waals surface area contributed by atoms with Crippen molar-refractivity contribution >= 4 is 6.09 Å². The van der Waals surface area contributed by atoms with Crippen LogP contribution in [-0.2, 0) is 11.2 Å². The number of nitrogens with zero attached hydrogens (tertiary/aromatic N) is 2. The van der Waals surface area contributed by atoms with Crippen LogP contribution in [0.25, 0.3) is 0 Å². The highest BCUT2D eigenvalue weighted by molar-refractivity contribution is 5.71. The largest absolute Gasteiger partial charge is 0.443 e. The van der Waals surface area contributed by atoms with Gasteiger partial charge >= 0.3 is 6.09 Å². The first-order chi connectivity index (χ1) is 7.44. The molecule has 0 unspecified atom stereocenters. The molecule has 4 heteroatoms. The van der Waals surface area contributed by atoms with Crippen molar-refractivity contribution in [3.63, 3.8) is 0 Å². The molecule has 1 aromatic heterocycles. The summed E-state index contributed by atoms with van der Waals surface area (Å²) in [6.45, 7) is 7.68. The average molecular weight is 224 g/mol. The maximum atomic E-state index is 11.8. The standard InChI is InChI=1S/C12H20N2O2/c1-5-6-7-10-13-8-9-14(10)11(15)16-12(2,3)4/h8-9H,5-7H2,1-4H3. The van der Waals surface area contributed by atoms with Crippen LogP contribution in [0.4, 0.5) is 4.79 Å². The average Bonchev–Trinajstić information content (AvgIpc) is 2.59. The lowest BCUT2D eigenvalue weighted by Crippen LogP contribution is -2.27. The van der Waals surface area contributed by atoms with E-state index >= 15 is 0 Å². The monoisotopic (exact) mass is 224 g/mol. The molecule has 0 saturated carbocycles. The lowest BCUT2D eigenvalue weighted by Gasteiger charge is -2.20. The summed E-state index contributed by atoms with van der Waals surface area (Å²) in [6.07, 6.45) is 5.86. The fraction of sp³-hybridized carbons (Fsp3) is 0.667. The molecular formula is C12H20N2O2. The van der Waals surface area contributed by atoms with Crippen LogP contribution >= 0.6 is 0 Å². The molecule has 0 saturated heterocycles. The third-order valence-electron chi connectivity index (χ3n) is 2.06. The van der Waals surface area contributed by atoms with Crippen molar-refractivity contribution in [1.29, 1.82) is 0 Å². The minimum absolute atomic E-state index is 0.351. The van der Waals surface area contributed by atoms with Gasteiger partial charge in [-0.1, -0.05) is 13.3 Å². The Labute approximate surface area is 96.6 Å². The Hall–Kier alpha value is -1.32. The normalized spacial score (nSPS) is 11.5. The van der Waals surface area contributed by atoms with E-state index in [-0.39, 0.29) is 6.09 Å². The lowest BCUT2D eigenvalue weighted by molar-refractivity contribution is 0.0531. The van der Waals surface area contributed by atoms with E-state index in [1.807, 2.05) is 20.8 Å². The second kappa shape index (κ2) is 5.14. The van der Waals surface area contributed by atoms with Crippen molar-refractivity contribution in [2.75, 3.05) is 0 Å². The number of carbonyl (C=O) groups excluding carboxylic acids is 1. The van der Waals surface area contributed by atoms with Gasteiger partial charge in [0.1, 0.15) is 11.4 Å². The molecule has 0 radical (unpaired) electrons. The van der Waals surface area contributed by atoms with E-state index in [0.717, 1.165) is 25.1 Å². The summed E-state index contributed by atoms with van der Waals surface area (Å²) in [5, 5.41) is 0. The molecule has 0 N–H and O–H groups in total. The highest BCUT2D eigenvalue weighted by Crippen LogP contribution is 2.11. The Bertz CT molecular complexity index is 350. The Morgan fingerprint density at radius 3 is 2.75 bits per heavy atom. The molecule has 1 aromatic rings. The molecule has 0 bridgehead atoms. The number of ether oxygens (including phenoxy) is 1. The van der Waals surface area contributed by atoms with Gasteiger partial charge in [-0.3, -0.25) is 0 Å². The van der Waals surface area contributed by atoms with E-state index < -0.39 is 5.60 Å². The summed E-state index contributed by atoms with van der Waals surface area (Å²) in [6, 6.07) is 0. The number of unbranched alkanes of at least 4 members (excludes halogenated alkanes) is 1. The number of aromatic nitrogens is 2. The van der Waals surface area contributed by atoms with Crippen LogP contribution in [0, 0.1) is 0 Å². The number of hydrogen-bond acceptors (Lipinski definition) is 3. The molecule has 90 valence electrons. The first-order valence-corrected chi connectivity index (χ1v) is 5.69. The second-order valence-electron chi connectivity index (χ2n) is 4.80. The summed E-state index contributed by atoms with van der Waals surface area (Å²) in [7, 11) is 0. The van der Waals surface area contributed by atoms with Gasteiger partial charge < -0.3 is 4.74 Å². The van der Waals surface area contributed by atoms with E-state index in [1.54, 1.807) is 12.4 Å². The fourth-order valence-electron chi connectivity index (χ4n) is 1.33. The summed E-state index contributed by atoms with van der Waals surface area (Å²) in [5.41, 5.74) is -0.469. The van der Waals surface area contributed by atoms with Gasteiger partial charge in [-0.15, -0.1) is 0 Å². The quantitative estimate of drug-likeness (QED) is 0.792. The van der Waals surface area contributed by atoms with Gasteiger partial charge in [-0.2, -0.15) is 0 Å². The highest BCUT2D eigenvalue weighted by atomic mass is 16.6. The predicted octanol–water partition coefficient (Wildman–Crippen LogP) is 3.01. The lowest BCUT2D eigenvalue weighted by atomic mass is 10.2. The van der Waals surface area contributed by atoms with E-state index in [1.165, 1.54) is 4.57 Å². The van der Waals surface area contributed by atoms with Crippen LogP contribution in [0.1, 0.15) is 46.4 Å². The smallest absolute Gasteiger partial charge is 0.419 e. The molecule has 1 rings (SSSR count). The van der Waals surface area contributed by atoms with Crippen molar-refractivity contribution in [2.24, 2.45) is 0 Å². The van der Waals surface area contributed by atoms with Crippen LogP contribution in [0.3, 0.4) is 0 Å². The van der Waals surface area contributed by atoms with Gasteiger partial charge in [0.25, 0.3) is 0 Å². The summed E-state index contributed by atoms with van der Waals surface area (Å²) in [4.78, 5) is 16.0. The molecule has 0 aliphatic heterocycles. The minimum atomic E-state index is -0.469. The van der Waals surface area contributed by atoms with Crippen molar-refractivity contribution in [3.8, 4) is 0 Å². The van der Waals surface area contributed by atoms with Gasteiger partial charge in [0.2, 0.25) is 0 Å². The van der Waals surface area contributed by atoms with E-state index in [0.29, 0.717) is 0 Å². The number of hydrogen-bond donors (Lipinski definition) is 0. The first kappa shape index (κ1) is 12.7. The van der Waals surface area contributed by atoms with Crippen molar-refractivity contribution in [3.05, 3.63) is 18.2 Å². The zero-order valence-corrected chi connectivity index (χ0v) is 10.5. The molecule has 4 nitrogen and oxygen atoms in total. The Balaban J connectivity index is 2.72. The SMILES string of the molecule is CCCCc1nccn1C(=O)OC(C)(C)C. The molecule has 0 aliphatic rings. The molecule has 0 amide bonds.